The minimum absolute atomic E-state index is 0.233. The Morgan fingerprint density at radius 3 is 2.24 bits per heavy atom. The lowest BCUT2D eigenvalue weighted by molar-refractivity contribution is -0.146. The summed E-state index contributed by atoms with van der Waals surface area (Å²) in [5.74, 6) is -3.62. The zero-order chi connectivity index (χ0) is 13.0. The summed E-state index contributed by atoms with van der Waals surface area (Å²) in [7, 11) is 0. The topological polar surface area (TPSA) is 104 Å². The molecule has 3 unspecified atom stereocenters. The Labute approximate surface area is 99.0 Å². The molecule has 1 saturated carbocycles. The molecule has 0 aliphatic heterocycles. The zero-order valence-corrected chi connectivity index (χ0v) is 9.68. The minimum atomic E-state index is -1.13. The minimum Gasteiger partial charge on any atom is -0.481 e. The van der Waals surface area contributed by atoms with Crippen molar-refractivity contribution in [2.75, 3.05) is 6.54 Å². The van der Waals surface area contributed by atoms with Gasteiger partial charge in [0.25, 0.3) is 0 Å². The number of rotatable bonds is 5. The van der Waals surface area contributed by atoms with Gasteiger partial charge in [0.05, 0.1) is 11.8 Å². The fourth-order valence-electron chi connectivity index (χ4n) is 2.33. The molecule has 6 heteroatoms. The van der Waals surface area contributed by atoms with Crippen LogP contribution in [0.1, 0.15) is 26.2 Å². The highest BCUT2D eigenvalue weighted by Crippen LogP contribution is 2.38. The molecule has 96 valence electrons. The van der Waals surface area contributed by atoms with Gasteiger partial charge in [0.1, 0.15) is 6.54 Å². The quantitative estimate of drug-likeness (QED) is 0.645. The average molecular weight is 243 g/mol. The first-order chi connectivity index (χ1) is 7.95. The lowest BCUT2D eigenvalue weighted by atomic mass is 9.95. The van der Waals surface area contributed by atoms with Crippen LogP contribution in [0.5, 0.6) is 0 Å². The van der Waals surface area contributed by atoms with E-state index in [9.17, 15) is 14.4 Å². The average Bonchev–Trinajstić information content (AvgIpc) is 2.69. The van der Waals surface area contributed by atoms with Crippen molar-refractivity contribution in [2.45, 2.75) is 26.2 Å². The van der Waals surface area contributed by atoms with E-state index >= 15 is 0 Å². The summed E-state index contributed by atoms with van der Waals surface area (Å²) in [6.07, 6.45) is 1.86. The molecule has 0 aromatic heterocycles. The third-order valence-electron chi connectivity index (χ3n) is 3.31. The number of carbonyl (C=O) groups excluding carboxylic acids is 1. The van der Waals surface area contributed by atoms with Crippen molar-refractivity contribution in [2.24, 2.45) is 17.8 Å². The van der Waals surface area contributed by atoms with Gasteiger partial charge in [-0.05, 0) is 18.8 Å². The van der Waals surface area contributed by atoms with Gasteiger partial charge in [0.15, 0.2) is 0 Å². The van der Waals surface area contributed by atoms with Gasteiger partial charge < -0.3 is 15.5 Å². The molecule has 17 heavy (non-hydrogen) atoms. The second-order valence-corrected chi connectivity index (χ2v) is 4.41. The summed E-state index contributed by atoms with van der Waals surface area (Å²) >= 11 is 0. The van der Waals surface area contributed by atoms with Crippen molar-refractivity contribution in [3.05, 3.63) is 0 Å². The monoisotopic (exact) mass is 243 g/mol. The highest BCUT2D eigenvalue weighted by molar-refractivity contribution is 5.87. The van der Waals surface area contributed by atoms with Crippen LogP contribution in [0.3, 0.4) is 0 Å². The molecule has 3 N–H and O–H groups in total. The van der Waals surface area contributed by atoms with E-state index in [1.165, 1.54) is 0 Å². The molecule has 1 aliphatic rings. The molecular formula is C11H17NO5. The second kappa shape index (κ2) is 5.65. The van der Waals surface area contributed by atoms with Crippen LogP contribution >= 0.6 is 0 Å². The second-order valence-electron chi connectivity index (χ2n) is 4.41. The Kier molecular flexibility index (Phi) is 4.48. The summed E-state index contributed by atoms with van der Waals surface area (Å²) in [6, 6.07) is 0. The number of nitrogens with one attached hydrogen (secondary N) is 1. The van der Waals surface area contributed by atoms with Gasteiger partial charge in [-0.15, -0.1) is 0 Å². The summed E-state index contributed by atoms with van der Waals surface area (Å²) in [5, 5.41) is 19.7. The highest BCUT2D eigenvalue weighted by Gasteiger charge is 2.42. The van der Waals surface area contributed by atoms with E-state index in [-0.39, 0.29) is 5.92 Å². The van der Waals surface area contributed by atoms with Crippen LogP contribution in [-0.4, -0.2) is 34.6 Å². The van der Waals surface area contributed by atoms with E-state index < -0.39 is 36.2 Å². The van der Waals surface area contributed by atoms with Gasteiger partial charge in [-0.1, -0.05) is 13.3 Å². The van der Waals surface area contributed by atoms with E-state index in [1.807, 2.05) is 6.92 Å². The highest BCUT2D eigenvalue weighted by atomic mass is 16.4. The van der Waals surface area contributed by atoms with Crippen molar-refractivity contribution in [1.29, 1.82) is 0 Å². The molecule has 6 nitrogen and oxygen atoms in total. The molecule has 0 spiro atoms. The first-order valence-corrected chi connectivity index (χ1v) is 5.68. The maximum absolute atomic E-state index is 11.7. The Balaban J connectivity index is 2.63. The van der Waals surface area contributed by atoms with Crippen LogP contribution in [0.2, 0.25) is 0 Å². The number of hydrogen-bond donors (Lipinski definition) is 3. The largest absolute Gasteiger partial charge is 0.481 e. The van der Waals surface area contributed by atoms with Crippen LogP contribution in [0.4, 0.5) is 0 Å². The molecule has 1 rings (SSSR count). The first kappa shape index (κ1) is 13.5. The molecule has 1 amide bonds. The van der Waals surface area contributed by atoms with E-state index in [1.54, 1.807) is 0 Å². The Hall–Kier alpha value is -1.59. The number of amides is 1. The third-order valence-corrected chi connectivity index (χ3v) is 3.31. The SMILES string of the molecule is CCC1CC(C(=O)O)C(C(=O)NCC(=O)O)C1. The molecule has 0 aromatic carbocycles. The van der Waals surface area contributed by atoms with Crippen LogP contribution < -0.4 is 5.32 Å². The number of carboxylic acids is 2. The molecule has 0 aromatic rings. The van der Waals surface area contributed by atoms with Gasteiger partial charge in [0.2, 0.25) is 5.91 Å². The van der Waals surface area contributed by atoms with E-state index in [0.29, 0.717) is 12.8 Å². The van der Waals surface area contributed by atoms with Crippen molar-refractivity contribution in [1.82, 2.24) is 5.32 Å². The summed E-state index contributed by atoms with van der Waals surface area (Å²) in [6.45, 7) is 1.50. The van der Waals surface area contributed by atoms with Crippen LogP contribution in [0.15, 0.2) is 0 Å². The van der Waals surface area contributed by atoms with E-state index in [2.05, 4.69) is 5.32 Å². The van der Waals surface area contributed by atoms with Gasteiger partial charge in [-0.25, -0.2) is 0 Å². The molecule has 3 atom stereocenters. The van der Waals surface area contributed by atoms with Gasteiger partial charge in [-0.3, -0.25) is 14.4 Å². The van der Waals surface area contributed by atoms with E-state index in [4.69, 9.17) is 10.2 Å². The maximum atomic E-state index is 11.7. The number of carboxylic acid groups (broad SMARTS) is 2. The first-order valence-electron chi connectivity index (χ1n) is 5.68. The molecule has 1 aliphatic carbocycles. The van der Waals surface area contributed by atoms with Crippen LogP contribution in [0.25, 0.3) is 0 Å². The standard InChI is InChI=1S/C11H17NO5/c1-2-6-3-7(8(4-6)11(16)17)10(15)12-5-9(13)14/h6-8H,2-5H2,1H3,(H,12,15)(H,13,14)(H,16,17). The predicted octanol–water partition coefficient (Wildman–Crippen LogP) is 0.324. The predicted molar refractivity (Wildman–Crippen MR) is 58.3 cm³/mol. The van der Waals surface area contributed by atoms with Gasteiger partial charge >= 0.3 is 11.9 Å². The molecule has 1 fully saturated rings. The van der Waals surface area contributed by atoms with Gasteiger partial charge in [-0.2, -0.15) is 0 Å². The Morgan fingerprint density at radius 1 is 1.18 bits per heavy atom. The van der Waals surface area contributed by atoms with Crippen LogP contribution in [0, 0.1) is 17.8 Å². The molecule has 0 saturated heterocycles. The number of carbonyl (C=O) groups is 3. The third kappa shape index (κ3) is 3.44. The van der Waals surface area contributed by atoms with Crippen molar-refractivity contribution in [3.63, 3.8) is 0 Å². The lowest BCUT2D eigenvalue weighted by Gasteiger charge is -2.14. The van der Waals surface area contributed by atoms with Crippen molar-refractivity contribution < 1.29 is 24.6 Å². The molecule has 0 bridgehead atoms. The summed E-state index contributed by atoms with van der Waals surface area (Å²) in [4.78, 5) is 33.0. The molecule has 0 heterocycles. The molecular weight excluding hydrogens is 226 g/mol. The number of hydrogen-bond acceptors (Lipinski definition) is 3. The fraction of sp³-hybridized carbons (Fsp3) is 0.727. The fourth-order valence-corrected chi connectivity index (χ4v) is 2.33. The van der Waals surface area contributed by atoms with E-state index in [0.717, 1.165) is 6.42 Å². The summed E-state index contributed by atoms with van der Waals surface area (Å²) < 4.78 is 0. The summed E-state index contributed by atoms with van der Waals surface area (Å²) in [5.41, 5.74) is 0. The van der Waals surface area contributed by atoms with Crippen molar-refractivity contribution in [3.8, 4) is 0 Å². The van der Waals surface area contributed by atoms with Gasteiger partial charge in [0, 0.05) is 0 Å². The zero-order valence-electron chi connectivity index (χ0n) is 9.68. The Bertz CT molecular complexity index is 328. The Morgan fingerprint density at radius 2 is 1.76 bits per heavy atom. The number of aliphatic carboxylic acids is 2. The smallest absolute Gasteiger partial charge is 0.322 e. The van der Waals surface area contributed by atoms with Crippen molar-refractivity contribution >= 4 is 17.8 Å². The van der Waals surface area contributed by atoms with Crippen LogP contribution in [-0.2, 0) is 14.4 Å². The maximum Gasteiger partial charge on any atom is 0.322 e. The molecule has 0 radical (unpaired) electrons. The normalized spacial score (nSPS) is 27.7. The lowest BCUT2D eigenvalue weighted by Crippen LogP contribution is -2.37.